The Morgan fingerprint density at radius 1 is 1.33 bits per heavy atom. The van der Waals surface area contributed by atoms with E-state index < -0.39 is 0 Å². The summed E-state index contributed by atoms with van der Waals surface area (Å²) in [4.78, 5) is 17.3. The molecule has 2 aromatic rings. The van der Waals surface area contributed by atoms with E-state index in [0.29, 0.717) is 22.3 Å². The highest BCUT2D eigenvalue weighted by molar-refractivity contribution is 7.15. The van der Waals surface area contributed by atoms with Gasteiger partial charge in [0.15, 0.2) is 5.13 Å². The lowest BCUT2D eigenvalue weighted by Gasteiger charge is -2.02. The van der Waals surface area contributed by atoms with Crippen molar-refractivity contribution in [3.63, 3.8) is 0 Å². The minimum absolute atomic E-state index is 0.167. The molecule has 94 valence electrons. The van der Waals surface area contributed by atoms with Gasteiger partial charge in [0.1, 0.15) is 0 Å². The summed E-state index contributed by atoms with van der Waals surface area (Å²) in [7, 11) is 0. The van der Waals surface area contributed by atoms with Crippen molar-refractivity contribution in [1.29, 1.82) is 0 Å². The number of nitrogens with one attached hydrogen (secondary N) is 1. The van der Waals surface area contributed by atoms with Gasteiger partial charge < -0.3 is 5.73 Å². The summed E-state index contributed by atoms with van der Waals surface area (Å²) in [5.74, 6) is 0.254. The molecule has 18 heavy (non-hydrogen) atoms. The van der Waals surface area contributed by atoms with E-state index in [9.17, 15) is 4.79 Å². The lowest BCUT2D eigenvalue weighted by atomic mass is 10.2. The van der Waals surface area contributed by atoms with Gasteiger partial charge in [0, 0.05) is 22.3 Å². The Labute approximate surface area is 110 Å². The second-order valence-electron chi connectivity index (χ2n) is 4.30. The van der Waals surface area contributed by atoms with Crippen molar-refractivity contribution in [3.05, 3.63) is 40.9 Å². The Hall–Kier alpha value is -1.88. The molecule has 0 saturated heterocycles. The third kappa shape index (κ3) is 2.87. The van der Waals surface area contributed by atoms with Crippen LogP contribution in [0.5, 0.6) is 0 Å². The molecule has 1 aromatic carbocycles. The van der Waals surface area contributed by atoms with Gasteiger partial charge in [-0.2, -0.15) is 0 Å². The number of hydrogen-bond donors (Lipinski definition) is 2. The van der Waals surface area contributed by atoms with E-state index in [4.69, 9.17) is 5.73 Å². The highest BCUT2D eigenvalue weighted by Crippen LogP contribution is 2.25. The molecule has 3 N–H and O–H groups in total. The number of carbonyl (C=O) groups excluding carboxylic acids is 1. The van der Waals surface area contributed by atoms with Crippen molar-refractivity contribution in [2.24, 2.45) is 0 Å². The van der Waals surface area contributed by atoms with E-state index >= 15 is 0 Å². The van der Waals surface area contributed by atoms with Gasteiger partial charge in [-0.05, 0) is 30.2 Å². The molecular formula is C13H15N3OS. The minimum atomic E-state index is -0.167. The maximum absolute atomic E-state index is 11.9. The second-order valence-corrected chi connectivity index (χ2v) is 5.36. The van der Waals surface area contributed by atoms with Gasteiger partial charge in [-0.1, -0.05) is 13.8 Å². The number of benzene rings is 1. The predicted molar refractivity (Wildman–Crippen MR) is 75.0 cm³/mol. The smallest absolute Gasteiger partial charge is 0.257 e. The Morgan fingerprint density at radius 3 is 2.56 bits per heavy atom. The minimum Gasteiger partial charge on any atom is -0.399 e. The van der Waals surface area contributed by atoms with Gasteiger partial charge >= 0.3 is 0 Å². The summed E-state index contributed by atoms with van der Waals surface area (Å²) < 4.78 is 0. The van der Waals surface area contributed by atoms with E-state index in [-0.39, 0.29) is 5.91 Å². The number of anilines is 2. The molecule has 0 aliphatic heterocycles. The van der Waals surface area contributed by atoms with Crippen molar-refractivity contribution in [3.8, 4) is 0 Å². The van der Waals surface area contributed by atoms with Crippen LogP contribution in [0.15, 0.2) is 30.5 Å². The molecule has 0 saturated carbocycles. The SMILES string of the molecule is CC(C)c1cnc(NC(=O)c2ccc(N)cc2)s1. The highest BCUT2D eigenvalue weighted by Gasteiger charge is 2.10. The summed E-state index contributed by atoms with van der Waals surface area (Å²) in [6.07, 6.45) is 1.80. The molecule has 5 heteroatoms. The molecule has 1 aromatic heterocycles. The van der Waals surface area contributed by atoms with Crippen molar-refractivity contribution in [2.45, 2.75) is 19.8 Å². The maximum atomic E-state index is 11.9. The third-order valence-electron chi connectivity index (χ3n) is 2.49. The fourth-order valence-corrected chi connectivity index (χ4v) is 2.23. The summed E-state index contributed by atoms with van der Waals surface area (Å²) in [5.41, 5.74) is 6.79. The molecule has 0 bridgehead atoms. The van der Waals surface area contributed by atoms with E-state index in [0.717, 1.165) is 4.88 Å². The molecule has 1 heterocycles. The monoisotopic (exact) mass is 261 g/mol. The van der Waals surface area contributed by atoms with Gasteiger partial charge in [-0.25, -0.2) is 4.98 Å². The van der Waals surface area contributed by atoms with Gasteiger partial charge in [-0.3, -0.25) is 10.1 Å². The number of aromatic nitrogens is 1. The molecule has 0 fully saturated rings. The number of nitrogen functional groups attached to an aromatic ring is 1. The standard InChI is InChI=1S/C13H15N3OS/c1-8(2)11-7-15-13(18-11)16-12(17)9-3-5-10(14)6-4-9/h3-8H,14H2,1-2H3,(H,15,16,17). The summed E-state index contributed by atoms with van der Waals surface area (Å²) in [6.45, 7) is 4.19. The molecule has 0 atom stereocenters. The number of rotatable bonds is 3. The first-order chi connectivity index (χ1) is 8.56. The molecule has 4 nitrogen and oxygen atoms in total. The van der Waals surface area contributed by atoms with Crippen LogP contribution < -0.4 is 11.1 Å². The number of amides is 1. The normalized spacial score (nSPS) is 10.6. The number of nitrogens with two attached hydrogens (primary N) is 1. The van der Waals surface area contributed by atoms with E-state index in [1.807, 2.05) is 0 Å². The van der Waals surface area contributed by atoms with Gasteiger partial charge in [0.05, 0.1) is 0 Å². The van der Waals surface area contributed by atoms with Gasteiger partial charge in [0.2, 0.25) is 0 Å². The summed E-state index contributed by atoms with van der Waals surface area (Å²) in [5, 5.41) is 3.41. The first-order valence-corrected chi connectivity index (χ1v) is 6.50. The average molecular weight is 261 g/mol. The largest absolute Gasteiger partial charge is 0.399 e. The zero-order valence-corrected chi connectivity index (χ0v) is 11.1. The Bertz CT molecular complexity index is 546. The zero-order chi connectivity index (χ0) is 13.1. The van der Waals surface area contributed by atoms with Crippen LogP contribution in [-0.4, -0.2) is 10.9 Å². The average Bonchev–Trinajstić information content (AvgIpc) is 2.78. The Kier molecular flexibility index (Phi) is 3.62. The number of hydrogen-bond acceptors (Lipinski definition) is 4. The maximum Gasteiger partial charge on any atom is 0.257 e. The predicted octanol–water partition coefficient (Wildman–Crippen LogP) is 3.10. The van der Waals surface area contributed by atoms with E-state index in [2.05, 4.69) is 24.1 Å². The number of carbonyl (C=O) groups is 1. The number of nitrogens with zero attached hydrogens (tertiary/aromatic N) is 1. The summed E-state index contributed by atoms with van der Waals surface area (Å²) >= 11 is 1.50. The first-order valence-electron chi connectivity index (χ1n) is 5.69. The van der Waals surface area contributed by atoms with Crippen LogP contribution in [0.2, 0.25) is 0 Å². The van der Waals surface area contributed by atoms with Crippen LogP contribution in [0.3, 0.4) is 0 Å². The van der Waals surface area contributed by atoms with Gasteiger partial charge in [0.25, 0.3) is 5.91 Å². The van der Waals surface area contributed by atoms with Crippen LogP contribution in [0, 0.1) is 0 Å². The third-order valence-corrected chi connectivity index (χ3v) is 3.70. The van der Waals surface area contributed by atoms with E-state index in [1.54, 1.807) is 30.5 Å². The molecule has 2 rings (SSSR count). The van der Waals surface area contributed by atoms with Crippen LogP contribution in [0.25, 0.3) is 0 Å². The van der Waals surface area contributed by atoms with Crippen LogP contribution in [-0.2, 0) is 0 Å². The first kappa shape index (κ1) is 12.6. The fraction of sp³-hybridized carbons (Fsp3) is 0.231. The molecular weight excluding hydrogens is 246 g/mol. The molecule has 0 radical (unpaired) electrons. The lowest BCUT2D eigenvalue weighted by Crippen LogP contribution is -2.11. The quantitative estimate of drug-likeness (QED) is 0.834. The van der Waals surface area contributed by atoms with Crippen molar-refractivity contribution < 1.29 is 4.79 Å². The highest BCUT2D eigenvalue weighted by atomic mass is 32.1. The zero-order valence-electron chi connectivity index (χ0n) is 10.3. The fourth-order valence-electron chi connectivity index (χ4n) is 1.42. The van der Waals surface area contributed by atoms with Crippen LogP contribution in [0.4, 0.5) is 10.8 Å². The van der Waals surface area contributed by atoms with Crippen LogP contribution >= 0.6 is 11.3 Å². The molecule has 1 amide bonds. The molecule has 0 aliphatic carbocycles. The Balaban J connectivity index is 2.08. The van der Waals surface area contributed by atoms with Crippen molar-refractivity contribution in [2.75, 3.05) is 11.1 Å². The number of thiazole rings is 1. The van der Waals surface area contributed by atoms with Gasteiger partial charge in [-0.15, -0.1) is 11.3 Å². The van der Waals surface area contributed by atoms with E-state index in [1.165, 1.54) is 11.3 Å². The summed E-state index contributed by atoms with van der Waals surface area (Å²) in [6, 6.07) is 6.80. The topological polar surface area (TPSA) is 68.0 Å². The van der Waals surface area contributed by atoms with Crippen LogP contribution in [0.1, 0.15) is 35.0 Å². The van der Waals surface area contributed by atoms with Crippen molar-refractivity contribution >= 4 is 28.1 Å². The molecule has 0 spiro atoms. The molecule has 0 unspecified atom stereocenters. The lowest BCUT2D eigenvalue weighted by molar-refractivity contribution is 0.102. The Morgan fingerprint density at radius 2 is 2.00 bits per heavy atom. The second kappa shape index (κ2) is 5.18. The van der Waals surface area contributed by atoms with Crippen molar-refractivity contribution in [1.82, 2.24) is 4.98 Å². The molecule has 0 aliphatic rings.